The molecular weight excluding hydrogens is 332 g/mol. The Balaban J connectivity index is 3.19. The van der Waals surface area contributed by atoms with Gasteiger partial charge in [0.2, 0.25) is 0 Å². The summed E-state index contributed by atoms with van der Waals surface area (Å²) in [6, 6.07) is -0.435. The fourth-order valence-corrected chi connectivity index (χ4v) is 1.77. The maximum Gasteiger partial charge on any atom is 0.416 e. The van der Waals surface area contributed by atoms with Crippen LogP contribution in [-0.2, 0) is 12.4 Å². The number of carbonyl (C=O) groups is 2. The van der Waals surface area contributed by atoms with E-state index in [2.05, 4.69) is 0 Å². The molecule has 1 aromatic carbocycles. The van der Waals surface area contributed by atoms with Crippen molar-refractivity contribution in [3.05, 3.63) is 34.9 Å². The number of carbonyl (C=O) groups excluding carboxylic acids is 1. The molecule has 0 heterocycles. The van der Waals surface area contributed by atoms with Crippen LogP contribution in [-0.4, -0.2) is 23.0 Å². The van der Waals surface area contributed by atoms with E-state index in [9.17, 15) is 35.9 Å². The van der Waals surface area contributed by atoms with Gasteiger partial charge in [0.15, 0.2) is 5.78 Å². The summed E-state index contributed by atoms with van der Waals surface area (Å²) in [6.45, 7) is 1.25. The van der Waals surface area contributed by atoms with Crippen molar-refractivity contribution >= 4 is 11.9 Å². The molecule has 0 aliphatic heterocycles. The van der Waals surface area contributed by atoms with Crippen molar-refractivity contribution in [1.29, 1.82) is 0 Å². The molecule has 4 nitrogen and oxygen atoms in total. The molecule has 0 aromatic heterocycles. The number of amides is 1. The van der Waals surface area contributed by atoms with Crippen LogP contribution in [0, 0.1) is 0 Å². The van der Waals surface area contributed by atoms with Gasteiger partial charge in [0, 0.05) is 18.0 Å². The van der Waals surface area contributed by atoms with Gasteiger partial charge in [-0.15, -0.1) is 0 Å². The minimum atomic E-state index is -5.05. The highest BCUT2D eigenvalue weighted by Crippen LogP contribution is 2.36. The highest BCUT2D eigenvalue weighted by atomic mass is 19.4. The first-order chi connectivity index (χ1) is 10.3. The van der Waals surface area contributed by atoms with E-state index in [4.69, 9.17) is 5.11 Å². The Morgan fingerprint density at radius 3 is 1.83 bits per heavy atom. The van der Waals surface area contributed by atoms with Crippen LogP contribution in [0.15, 0.2) is 18.2 Å². The van der Waals surface area contributed by atoms with E-state index in [-0.39, 0.29) is 6.07 Å². The number of rotatable bonds is 4. The van der Waals surface area contributed by atoms with E-state index >= 15 is 0 Å². The Hall–Kier alpha value is -2.26. The molecule has 0 aliphatic rings. The van der Waals surface area contributed by atoms with Crippen molar-refractivity contribution in [3.8, 4) is 0 Å². The van der Waals surface area contributed by atoms with Gasteiger partial charge in [-0.2, -0.15) is 26.3 Å². The van der Waals surface area contributed by atoms with Gasteiger partial charge in [0.25, 0.3) is 0 Å². The largest absolute Gasteiger partial charge is 0.465 e. The minimum absolute atomic E-state index is 0.0876. The molecule has 10 heteroatoms. The summed E-state index contributed by atoms with van der Waals surface area (Å²) in [5, 5.41) is 10.3. The molecule has 0 radical (unpaired) electrons. The predicted octanol–water partition coefficient (Wildman–Crippen LogP) is 3.95. The van der Waals surface area contributed by atoms with E-state index in [0.29, 0.717) is 12.1 Å². The molecule has 1 atom stereocenters. The van der Waals surface area contributed by atoms with Crippen molar-refractivity contribution in [1.82, 2.24) is 5.32 Å². The normalized spacial score (nSPS) is 13.5. The number of hydrogen-bond donors (Lipinski definition) is 2. The molecule has 0 spiro atoms. The number of halogens is 6. The van der Waals surface area contributed by atoms with Crippen LogP contribution in [0.5, 0.6) is 0 Å². The van der Waals surface area contributed by atoms with Crippen LogP contribution in [0.1, 0.15) is 34.8 Å². The highest BCUT2D eigenvalue weighted by Gasteiger charge is 2.37. The van der Waals surface area contributed by atoms with E-state index < -0.39 is 53.4 Å². The van der Waals surface area contributed by atoms with Crippen LogP contribution in [0.3, 0.4) is 0 Å². The maximum atomic E-state index is 12.7. The summed E-state index contributed by atoms with van der Waals surface area (Å²) in [5.41, 5.74) is -3.99. The SMILES string of the molecule is CC(CC(=O)c1cc(C(F)(F)F)cc(C(F)(F)F)c1)NC(=O)O. The summed E-state index contributed by atoms with van der Waals surface area (Å²) < 4.78 is 76.0. The van der Waals surface area contributed by atoms with Crippen molar-refractivity contribution in [2.45, 2.75) is 31.7 Å². The lowest BCUT2D eigenvalue weighted by Gasteiger charge is -2.15. The van der Waals surface area contributed by atoms with Gasteiger partial charge in [0.05, 0.1) is 11.1 Å². The number of hydrogen-bond acceptors (Lipinski definition) is 2. The predicted molar refractivity (Wildman–Crippen MR) is 66.0 cm³/mol. The number of alkyl halides is 6. The van der Waals surface area contributed by atoms with E-state index in [1.165, 1.54) is 6.92 Å². The summed E-state index contributed by atoms with van der Waals surface area (Å²) in [4.78, 5) is 22.2. The number of Topliss-reactive ketones (excluding diaryl/α,β-unsaturated/α-hetero) is 1. The fraction of sp³-hybridized carbons (Fsp3) is 0.385. The van der Waals surface area contributed by atoms with Crippen LogP contribution in [0.25, 0.3) is 0 Å². The average molecular weight is 343 g/mol. The lowest BCUT2D eigenvalue weighted by Crippen LogP contribution is -2.33. The molecule has 2 N–H and O–H groups in total. The number of carboxylic acid groups (broad SMARTS) is 1. The molecule has 0 bridgehead atoms. The Morgan fingerprint density at radius 1 is 1.04 bits per heavy atom. The lowest BCUT2D eigenvalue weighted by molar-refractivity contribution is -0.143. The van der Waals surface area contributed by atoms with Crippen LogP contribution in [0.2, 0.25) is 0 Å². The maximum absolute atomic E-state index is 12.7. The molecule has 128 valence electrons. The highest BCUT2D eigenvalue weighted by molar-refractivity contribution is 5.97. The van der Waals surface area contributed by atoms with E-state index in [1.807, 2.05) is 5.32 Å². The molecule has 0 saturated heterocycles. The average Bonchev–Trinajstić information content (AvgIpc) is 2.34. The minimum Gasteiger partial charge on any atom is -0.465 e. The van der Waals surface area contributed by atoms with E-state index in [0.717, 1.165) is 0 Å². The quantitative estimate of drug-likeness (QED) is 0.643. The van der Waals surface area contributed by atoms with Crippen molar-refractivity contribution in [2.75, 3.05) is 0 Å². The molecule has 0 fully saturated rings. The van der Waals surface area contributed by atoms with E-state index in [1.54, 1.807) is 0 Å². The molecule has 1 rings (SSSR count). The standard InChI is InChI=1S/C13H11F6NO3/c1-6(20-11(22)23)2-10(21)7-3-8(12(14,15)16)5-9(4-7)13(17,18)19/h3-6,20H,2H2,1H3,(H,22,23). The topological polar surface area (TPSA) is 66.4 Å². The first kappa shape index (κ1) is 18.8. The smallest absolute Gasteiger partial charge is 0.416 e. The molecule has 0 aliphatic carbocycles. The third-order valence-corrected chi connectivity index (χ3v) is 2.77. The molecule has 0 saturated carbocycles. The van der Waals surface area contributed by atoms with Crippen LogP contribution < -0.4 is 5.32 Å². The van der Waals surface area contributed by atoms with Gasteiger partial charge in [-0.1, -0.05) is 0 Å². The third-order valence-electron chi connectivity index (χ3n) is 2.77. The zero-order chi connectivity index (χ0) is 18.0. The number of benzene rings is 1. The summed E-state index contributed by atoms with van der Waals surface area (Å²) in [7, 11) is 0. The lowest BCUT2D eigenvalue weighted by atomic mass is 9.99. The molecule has 1 aromatic rings. The van der Waals surface area contributed by atoms with Gasteiger partial charge in [-0.25, -0.2) is 4.79 Å². The molecule has 23 heavy (non-hydrogen) atoms. The van der Waals surface area contributed by atoms with Crippen molar-refractivity contribution in [3.63, 3.8) is 0 Å². The van der Waals surface area contributed by atoms with Gasteiger partial charge in [0.1, 0.15) is 0 Å². The van der Waals surface area contributed by atoms with Crippen molar-refractivity contribution in [2.24, 2.45) is 0 Å². The Bertz CT molecular complexity index is 576. The fourth-order valence-electron chi connectivity index (χ4n) is 1.77. The number of ketones is 1. The summed E-state index contributed by atoms with van der Waals surface area (Å²) in [5.74, 6) is -1.04. The monoisotopic (exact) mass is 343 g/mol. The molecule has 1 unspecified atom stereocenters. The number of nitrogens with one attached hydrogen (secondary N) is 1. The Labute approximate surface area is 126 Å². The molecular formula is C13H11F6NO3. The zero-order valence-electron chi connectivity index (χ0n) is 11.5. The second-order valence-electron chi connectivity index (χ2n) is 4.77. The summed E-state index contributed by atoms with van der Waals surface area (Å²) >= 11 is 0. The van der Waals surface area contributed by atoms with Gasteiger partial charge in [-0.3, -0.25) is 4.79 Å². The zero-order valence-corrected chi connectivity index (χ0v) is 11.5. The van der Waals surface area contributed by atoms with Crippen LogP contribution >= 0.6 is 0 Å². The Morgan fingerprint density at radius 2 is 1.48 bits per heavy atom. The second kappa shape index (κ2) is 6.47. The Kier molecular flexibility index (Phi) is 5.28. The van der Waals surface area contributed by atoms with Crippen molar-refractivity contribution < 1.29 is 41.0 Å². The van der Waals surface area contributed by atoms with Gasteiger partial charge < -0.3 is 10.4 Å². The third kappa shape index (κ3) is 5.46. The van der Waals surface area contributed by atoms with Gasteiger partial charge >= 0.3 is 18.4 Å². The molecule has 1 amide bonds. The first-order valence-corrected chi connectivity index (χ1v) is 6.13. The van der Waals surface area contributed by atoms with Crippen LogP contribution in [0.4, 0.5) is 31.1 Å². The first-order valence-electron chi connectivity index (χ1n) is 6.13. The summed E-state index contributed by atoms with van der Waals surface area (Å²) in [6.07, 6.45) is -12.2. The van der Waals surface area contributed by atoms with Gasteiger partial charge in [-0.05, 0) is 25.1 Å². The second-order valence-corrected chi connectivity index (χ2v) is 4.77.